The molecule has 2 heterocycles. The summed E-state index contributed by atoms with van der Waals surface area (Å²) in [5.41, 5.74) is 0.417. The second kappa shape index (κ2) is 5.70. The highest BCUT2D eigenvalue weighted by Gasteiger charge is 2.32. The highest BCUT2D eigenvalue weighted by atomic mass is 16.5. The molecule has 0 unspecified atom stereocenters. The van der Waals surface area contributed by atoms with Crippen LogP contribution in [0.25, 0.3) is 0 Å². The number of carbonyl (C=O) groups is 1. The maximum absolute atomic E-state index is 11.6. The Bertz CT molecular complexity index is 510. The maximum Gasteiger partial charge on any atom is 0.309 e. The van der Waals surface area contributed by atoms with Crippen LogP contribution in [-0.4, -0.2) is 31.2 Å². The van der Waals surface area contributed by atoms with E-state index in [0.717, 1.165) is 25.3 Å². The predicted octanol–water partition coefficient (Wildman–Crippen LogP) is 1.59. The Balaban J connectivity index is 2.09. The van der Waals surface area contributed by atoms with E-state index >= 15 is 0 Å². The lowest BCUT2D eigenvalue weighted by atomic mass is 9.87. The molecular weight excluding hydrogens is 242 g/mol. The van der Waals surface area contributed by atoms with Crippen molar-refractivity contribution in [2.24, 2.45) is 11.8 Å². The van der Waals surface area contributed by atoms with E-state index in [1.54, 1.807) is 6.07 Å². The molecule has 0 amide bonds. The van der Waals surface area contributed by atoms with Gasteiger partial charge in [-0.1, -0.05) is 13.0 Å². The number of aromatic nitrogens is 1. The molecule has 1 aliphatic rings. The van der Waals surface area contributed by atoms with Crippen molar-refractivity contribution >= 4 is 11.8 Å². The van der Waals surface area contributed by atoms with E-state index < -0.39 is 0 Å². The summed E-state index contributed by atoms with van der Waals surface area (Å²) in [7, 11) is 1.43. The van der Waals surface area contributed by atoms with Gasteiger partial charge in [0.1, 0.15) is 17.6 Å². The van der Waals surface area contributed by atoms with Crippen LogP contribution in [0.3, 0.4) is 0 Å². The quantitative estimate of drug-likeness (QED) is 0.754. The van der Waals surface area contributed by atoms with Crippen molar-refractivity contribution in [1.82, 2.24) is 4.98 Å². The van der Waals surface area contributed by atoms with Gasteiger partial charge in [-0.15, -0.1) is 0 Å². The molecule has 0 aliphatic carbocycles. The van der Waals surface area contributed by atoms with Crippen LogP contribution in [0.5, 0.6) is 0 Å². The summed E-state index contributed by atoms with van der Waals surface area (Å²) in [6.45, 7) is 3.55. The molecule has 1 fully saturated rings. The standard InChI is InChI=1S/C14H17N3O2/c1-10-9-17(7-6-12(10)14(18)19-2)13-5-3-4-11(8-15)16-13/h3-5,10,12H,6-7,9H2,1-2H3/t10-,12-/m1/s1. The zero-order chi connectivity index (χ0) is 13.8. The van der Waals surface area contributed by atoms with Crippen LogP contribution in [0.1, 0.15) is 19.0 Å². The number of pyridine rings is 1. The van der Waals surface area contributed by atoms with Crippen LogP contribution in [0.2, 0.25) is 0 Å². The molecular formula is C14H17N3O2. The third-order valence-corrected chi connectivity index (χ3v) is 3.58. The second-order valence-corrected chi connectivity index (χ2v) is 4.83. The Morgan fingerprint density at radius 3 is 3.00 bits per heavy atom. The molecule has 0 bridgehead atoms. The molecule has 1 aliphatic heterocycles. The molecule has 0 spiro atoms. The molecule has 2 rings (SSSR count). The molecule has 19 heavy (non-hydrogen) atoms. The first-order chi connectivity index (χ1) is 9.15. The zero-order valence-corrected chi connectivity index (χ0v) is 11.2. The average molecular weight is 259 g/mol. The molecule has 1 saturated heterocycles. The van der Waals surface area contributed by atoms with Gasteiger partial charge in [0.25, 0.3) is 0 Å². The Morgan fingerprint density at radius 2 is 2.37 bits per heavy atom. The van der Waals surface area contributed by atoms with Gasteiger partial charge in [-0.3, -0.25) is 4.79 Å². The summed E-state index contributed by atoms with van der Waals surface area (Å²) in [6.07, 6.45) is 0.756. The van der Waals surface area contributed by atoms with E-state index in [9.17, 15) is 4.79 Å². The van der Waals surface area contributed by atoms with Crippen molar-refractivity contribution < 1.29 is 9.53 Å². The number of esters is 1. The molecule has 100 valence electrons. The molecule has 1 aromatic heterocycles. The van der Waals surface area contributed by atoms with Gasteiger partial charge in [0.2, 0.25) is 0 Å². The molecule has 5 heteroatoms. The smallest absolute Gasteiger partial charge is 0.309 e. The highest BCUT2D eigenvalue weighted by Crippen LogP contribution is 2.27. The Hall–Kier alpha value is -2.09. The van der Waals surface area contributed by atoms with Gasteiger partial charge in [-0.25, -0.2) is 4.98 Å². The van der Waals surface area contributed by atoms with Crippen molar-refractivity contribution in [2.75, 3.05) is 25.1 Å². The van der Waals surface area contributed by atoms with Crippen molar-refractivity contribution in [1.29, 1.82) is 5.26 Å². The fraction of sp³-hybridized carbons (Fsp3) is 0.500. The van der Waals surface area contributed by atoms with Crippen LogP contribution in [0.15, 0.2) is 18.2 Å². The molecule has 1 aromatic rings. The second-order valence-electron chi connectivity index (χ2n) is 4.83. The van der Waals surface area contributed by atoms with E-state index in [-0.39, 0.29) is 17.8 Å². The van der Waals surface area contributed by atoms with Gasteiger partial charge in [0.15, 0.2) is 0 Å². The lowest BCUT2D eigenvalue weighted by Crippen LogP contribution is -2.42. The fourth-order valence-corrected chi connectivity index (χ4v) is 2.52. The Labute approximate surface area is 112 Å². The van der Waals surface area contributed by atoms with Gasteiger partial charge < -0.3 is 9.64 Å². The van der Waals surface area contributed by atoms with Gasteiger partial charge in [-0.2, -0.15) is 5.26 Å². The summed E-state index contributed by atoms with van der Waals surface area (Å²) in [4.78, 5) is 18.0. The Morgan fingerprint density at radius 1 is 1.58 bits per heavy atom. The van der Waals surface area contributed by atoms with E-state index in [1.807, 2.05) is 25.1 Å². The molecule has 0 N–H and O–H groups in total. The largest absolute Gasteiger partial charge is 0.469 e. The van der Waals surface area contributed by atoms with Crippen molar-refractivity contribution in [3.63, 3.8) is 0 Å². The lowest BCUT2D eigenvalue weighted by molar-refractivity contribution is -0.147. The van der Waals surface area contributed by atoms with E-state index in [2.05, 4.69) is 9.88 Å². The monoisotopic (exact) mass is 259 g/mol. The topological polar surface area (TPSA) is 66.2 Å². The van der Waals surface area contributed by atoms with Crippen molar-refractivity contribution in [2.45, 2.75) is 13.3 Å². The predicted molar refractivity (Wildman–Crippen MR) is 70.5 cm³/mol. The van der Waals surface area contributed by atoms with Crippen LogP contribution < -0.4 is 4.90 Å². The molecule has 2 atom stereocenters. The average Bonchev–Trinajstić information content (AvgIpc) is 2.46. The number of hydrogen-bond donors (Lipinski definition) is 0. The summed E-state index contributed by atoms with van der Waals surface area (Å²) in [6, 6.07) is 7.46. The summed E-state index contributed by atoms with van der Waals surface area (Å²) >= 11 is 0. The zero-order valence-electron chi connectivity index (χ0n) is 11.2. The van der Waals surface area contributed by atoms with Crippen LogP contribution >= 0.6 is 0 Å². The van der Waals surface area contributed by atoms with E-state index in [4.69, 9.17) is 10.00 Å². The third-order valence-electron chi connectivity index (χ3n) is 3.58. The summed E-state index contributed by atoms with van der Waals surface area (Å²) < 4.78 is 4.82. The molecule has 0 radical (unpaired) electrons. The minimum absolute atomic E-state index is 0.0413. The number of ether oxygens (including phenoxy) is 1. The minimum Gasteiger partial charge on any atom is -0.469 e. The van der Waals surface area contributed by atoms with Crippen LogP contribution in [0.4, 0.5) is 5.82 Å². The maximum atomic E-state index is 11.6. The summed E-state index contributed by atoms with van der Waals surface area (Å²) in [5, 5.41) is 8.87. The van der Waals surface area contributed by atoms with Crippen molar-refractivity contribution in [3.8, 4) is 6.07 Å². The number of carbonyl (C=O) groups excluding carboxylic acids is 1. The van der Waals surface area contributed by atoms with E-state index in [0.29, 0.717) is 5.69 Å². The number of piperidine rings is 1. The Kier molecular flexibility index (Phi) is 4.00. The normalized spacial score (nSPS) is 22.7. The fourth-order valence-electron chi connectivity index (χ4n) is 2.52. The SMILES string of the molecule is COC(=O)[C@@H]1CCN(c2cccc(C#N)n2)C[C@H]1C. The number of anilines is 1. The van der Waals surface area contributed by atoms with Crippen molar-refractivity contribution in [3.05, 3.63) is 23.9 Å². The molecule has 0 saturated carbocycles. The number of nitriles is 1. The van der Waals surface area contributed by atoms with Crippen LogP contribution in [0, 0.1) is 23.2 Å². The number of methoxy groups -OCH3 is 1. The summed E-state index contributed by atoms with van der Waals surface area (Å²) in [5.74, 6) is 0.842. The number of nitrogens with zero attached hydrogens (tertiary/aromatic N) is 3. The van der Waals surface area contributed by atoms with Gasteiger partial charge in [0.05, 0.1) is 13.0 Å². The first kappa shape index (κ1) is 13.3. The molecule has 5 nitrogen and oxygen atoms in total. The number of rotatable bonds is 2. The van der Waals surface area contributed by atoms with Gasteiger partial charge in [0, 0.05) is 13.1 Å². The highest BCUT2D eigenvalue weighted by molar-refractivity contribution is 5.73. The third kappa shape index (κ3) is 2.84. The first-order valence-corrected chi connectivity index (χ1v) is 6.35. The lowest BCUT2D eigenvalue weighted by Gasteiger charge is -2.36. The van der Waals surface area contributed by atoms with E-state index in [1.165, 1.54) is 7.11 Å². The minimum atomic E-state index is -0.133. The van der Waals surface area contributed by atoms with Gasteiger partial charge in [-0.05, 0) is 24.5 Å². The van der Waals surface area contributed by atoms with Crippen LogP contribution in [-0.2, 0) is 9.53 Å². The molecule has 0 aromatic carbocycles. The van der Waals surface area contributed by atoms with Gasteiger partial charge >= 0.3 is 5.97 Å². The first-order valence-electron chi connectivity index (χ1n) is 6.35. The number of hydrogen-bond acceptors (Lipinski definition) is 5.